The van der Waals surface area contributed by atoms with Crippen LogP contribution < -0.4 is 0 Å². The molecular formula is C8H13N3O. The van der Waals surface area contributed by atoms with Gasteiger partial charge in [-0.25, -0.2) is 9.97 Å². The first-order valence-corrected chi connectivity index (χ1v) is 3.77. The van der Waals surface area contributed by atoms with Gasteiger partial charge in [0.15, 0.2) is 0 Å². The summed E-state index contributed by atoms with van der Waals surface area (Å²) in [6, 6.07) is 0. The van der Waals surface area contributed by atoms with Gasteiger partial charge in [-0.15, -0.1) is 0 Å². The van der Waals surface area contributed by atoms with Crippen molar-refractivity contribution in [3.8, 4) is 0 Å². The van der Waals surface area contributed by atoms with Gasteiger partial charge >= 0.3 is 0 Å². The van der Waals surface area contributed by atoms with Crippen LogP contribution in [0.25, 0.3) is 0 Å². The second kappa shape index (κ2) is 4.13. The lowest BCUT2D eigenvalue weighted by Gasteiger charge is -2.07. The molecule has 4 heteroatoms. The molecule has 1 aromatic heterocycles. The van der Waals surface area contributed by atoms with E-state index in [0.29, 0.717) is 0 Å². The van der Waals surface area contributed by atoms with E-state index >= 15 is 0 Å². The van der Waals surface area contributed by atoms with Crippen LogP contribution in [-0.2, 0) is 13.2 Å². The van der Waals surface area contributed by atoms with Gasteiger partial charge in [-0.1, -0.05) is 0 Å². The lowest BCUT2D eigenvalue weighted by molar-refractivity contribution is 0.280. The Kier molecular flexibility index (Phi) is 3.13. The van der Waals surface area contributed by atoms with Gasteiger partial charge in [-0.2, -0.15) is 0 Å². The predicted molar refractivity (Wildman–Crippen MR) is 45.3 cm³/mol. The van der Waals surface area contributed by atoms with Crippen LogP contribution in [0.4, 0.5) is 0 Å². The number of aliphatic hydroxyl groups excluding tert-OH is 1. The Morgan fingerprint density at radius 3 is 2.33 bits per heavy atom. The second-order valence-corrected chi connectivity index (χ2v) is 2.90. The molecule has 0 radical (unpaired) electrons. The Morgan fingerprint density at radius 1 is 1.33 bits per heavy atom. The summed E-state index contributed by atoms with van der Waals surface area (Å²) in [6.07, 6.45) is 3.29. The van der Waals surface area contributed by atoms with Gasteiger partial charge in [0, 0.05) is 18.0 Å². The molecule has 4 nitrogen and oxygen atoms in total. The van der Waals surface area contributed by atoms with Crippen molar-refractivity contribution in [1.29, 1.82) is 0 Å². The molecule has 0 atom stereocenters. The third kappa shape index (κ3) is 2.56. The first-order valence-electron chi connectivity index (χ1n) is 3.77. The second-order valence-electron chi connectivity index (χ2n) is 2.90. The normalized spacial score (nSPS) is 10.7. The molecule has 0 fully saturated rings. The maximum absolute atomic E-state index is 8.72. The summed E-state index contributed by atoms with van der Waals surface area (Å²) in [5.41, 5.74) is 0.748. The van der Waals surface area contributed by atoms with Gasteiger partial charge in [-0.05, 0) is 14.1 Å². The molecule has 1 N–H and O–H groups in total. The molecular weight excluding hydrogens is 154 g/mol. The fourth-order valence-corrected chi connectivity index (χ4v) is 0.828. The smallest absolute Gasteiger partial charge is 0.142 e. The van der Waals surface area contributed by atoms with E-state index in [1.807, 2.05) is 19.0 Å². The largest absolute Gasteiger partial charge is 0.392 e. The van der Waals surface area contributed by atoms with E-state index in [1.165, 1.54) is 0 Å². The lowest BCUT2D eigenvalue weighted by atomic mass is 10.3. The van der Waals surface area contributed by atoms with Gasteiger partial charge in [0.1, 0.15) is 5.82 Å². The molecule has 0 aliphatic rings. The first-order chi connectivity index (χ1) is 5.72. The summed E-state index contributed by atoms with van der Waals surface area (Å²) in [7, 11) is 3.92. The highest BCUT2D eigenvalue weighted by atomic mass is 16.3. The standard InChI is InChI=1S/C8H13N3O/c1-11(2)5-8-9-3-7(6-12)4-10-8/h3-4,12H,5-6H2,1-2H3. The third-order valence-electron chi connectivity index (χ3n) is 1.40. The SMILES string of the molecule is CN(C)Cc1ncc(CO)cn1. The zero-order valence-electron chi connectivity index (χ0n) is 7.36. The fourth-order valence-electron chi connectivity index (χ4n) is 0.828. The van der Waals surface area contributed by atoms with Crippen LogP contribution in [-0.4, -0.2) is 34.1 Å². The minimum Gasteiger partial charge on any atom is -0.392 e. The Bertz CT molecular complexity index is 233. The van der Waals surface area contributed by atoms with Crippen LogP contribution in [0.15, 0.2) is 12.4 Å². The topological polar surface area (TPSA) is 49.2 Å². The monoisotopic (exact) mass is 167 g/mol. The highest BCUT2D eigenvalue weighted by Crippen LogP contribution is 1.96. The van der Waals surface area contributed by atoms with Gasteiger partial charge in [0.05, 0.1) is 13.2 Å². The van der Waals surface area contributed by atoms with Crippen LogP contribution in [0.3, 0.4) is 0 Å². The molecule has 0 spiro atoms. The van der Waals surface area contributed by atoms with Crippen molar-refractivity contribution < 1.29 is 5.11 Å². The van der Waals surface area contributed by atoms with E-state index in [4.69, 9.17) is 5.11 Å². The van der Waals surface area contributed by atoms with Crippen molar-refractivity contribution in [2.75, 3.05) is 14.1 Å². The zero-order valence-corrected chi connectivity index (χ0v) is 7.36. The van der Waals surface area contributed by atoms with E-state index < -0.39 is 0 Å². The highest BCUT2D eigenvalue weighted by molar-refractivity contribution is 5.03. The Hall–Kier alpha value is -1.00. The quantitative estimate of drug-likeness (QED) is 0.690. The number of aromatic nitrogens is 2. The Balaban J connectivity index is 2.65. The van der Waals surface area contributed by atoms with Crippen LogP contribution in [0, 0.1) is 0 Å². The number of aliphatic hydroxyl groups is 1. The highest BCUT2D eigenvalue weighted by Gasteiger charge is 1.97. The molecule has 0 saturated heterocycles. The van der Waals surface area contributed by atoms with Gasteiger partial charge in [-0.3, -0.25) is 0 Å². The molecule has 1 aromatic rings. The average Bonchev–Trinajstić information content (AvgIpc) is 2.05. The van der Waals surface area contributed by atoms with Crippen LogP contribution in [0.2, 0.25) is 0 Å². The molecule has 0 bridgehead atoms. The molecule has 12 heavy (non-hydrogen) atoms. The van der Waals surface area contributed by atoms with Crippen molar-refractivity contribution in [3.05, 3.63) is 23.8 Å². The molecule has 66 valence electrons. The molecule has 1 heterocycles. The average molecular weight is 167 g/mol. The summed E-state index contributed by atoms with van der Waals surface area (Å²) in [4.78, 5) is 10.1. The molecule has 0 aliphatic heterocycles. The van der Waals surface area contributed by atoms with E-state index in [0.717, 1.165) is 17.9 Å². The fraction of sp³-hybridized carbons (Fsp3) is 0.500. The molecule has 0 unspecified atom stereocenters. The van der Waals surface area contributed by atoms with Crippen LogP contribution in [0.1, 0.15) is 11.4 Å². The molecule has 0 amide bonds. The summed E-state index contributed by atoms with van der Waals surface area (Å²) >= 11 is 0. The van der Waals surface area contributed by atoms with E-state index in [1.54, 1.807) is 12.4 Å². The van der Waals surface area contributed by atoms with Crippen molar-refractivity contribution >= 4 is 0 Å². The van der Waals surface area contributed by atoms with Crippen LogP contribution in [0.5, 0.6) is 0 Å². The van der Waals surface area contributed by atoms with Crippen molar-refractivity contribution in [1.82, 2.24) is 14.9 Å². The van der Waals surface area contributed by atoms with E-state index in [2.05, 4.69) is 9.97 Å². The maximum Gasteiger partial charge on any atom is 0.142 e. The van der Waals surface area contributed by atoms with Crippen molar-refractivity contribution in [3.63, 3.8) is 0 Å². The summed E-state index contributed by atoms with van der Waals surface area (Å²) in [5.74, 6) is 0.775. The van der Waals surface area contributed by atoms with Crippen molar-refractivity contribution in [2.45, 2.75) is 13.2 Å². The third-order valence-corrected chi connectivity index (χ3v) is 1.40. The molecule has 0 aliphatic carbocycles. The Morgan fingerprint density at radius 2 is 1.92 bits per heavy atom. The van der Waals surface area contributed by atoms with E-state index in [9.17, 15) is 0 Å². The summed E-state index contributed by atoms with van der Waals surface area (Å²) < 4.78 is 0. The maximum atomic E-state index is 8.72. The molecule has 0 saturated carbocycles. The van der Waals surface area contributed by atoms with Gasteiger partial charge in [0.25, 0.3) is 0 Å². The summed E-state index contributed by atoms with van der Waals surface area (Å²) in [5, 5.41) is 8.72. The van der Waals surface area contributed by atoms with Gasteiger partial charge < -0.3 is 10.0 Å². The predicted octanol–water partition coefficient (Wildman–Crippen LogP) is 0.0305. The molecule has 1 rings (SSSR count). The molecule has 0 aromatic carbocycles. The minimum atomic E-state index is 0.00223. The Labute approximate surface area is 71.9 Å². The first kappa shape index (κ1) is 9.09. The minimum absolute atomic E-state index is 0.00223. The lowest BCUT2D eigenvalue weighted by Crippen LogP contribution is -2.13. The number of nitrogens with zero attached hydrogens (tertiary/aromatic N) is 3. The number of rotatable bonds is 3. The van der Waals surface area contributed by atoms with Crippen LogP contribution >= 0.6 is 0 Å². The summed E-state index contributed by atoms with van der Waals surface area (Å²) in [6.45, 7) is 0.730. The zero-order chi connectivity index (χ0) is 8.97. The van der Waals surface area contributed by atoms with Gasteiger partial charge in [0.2, 0.25) is 0 Å². The number of hydrogen-bond donors (Lipinski definition) is 1. The van der Waals surface area contributed by atoms with E-state index in [-0.39, 0.29) is 6.61 Å². The van der Waals surface area contributed by atoms with Crippen molar-refractivity contribution in [2.24, 2.45) is 0 Å². The number of hydrogen-bond acceptors (Lipinski definition) is 4.